The first-order valence-corrected chi connectivity index (χ1v) is 11.7. The van der Waals surface area contributed by atoms with E-state index in [2.05, 4.69) is 65.2 Å². The van der Waals surface area contributed by atoms with Crippen molar-refractivity contribution in [2.75, 3.05) is 11.9 Å². The molecule has 0 spiro atoms. The van der Waals surface area contributed by atoms with Crippen molar-refractivity contribution < 1.29 is 4.74 Å². The van der Waals surface area contributed by atoms with Crippen LogP contribution in [0, 0.1) is 11.3 Å². The SMILES string of the molecule is CC(C)Nc1ccc(-c2c(C#N)c3ccc(OCCCn4cccn4)cc3n2C2CC2)cc1. The Hall–Kier alpha value is -3.72. The minimum Gasteiger partial charge on any atom is -0.493 e. The fraction of sp³-hybridized carbons (Fsp3) is 0.333. The third-order valence-electron chi connectivity index (χ3n) is 5.97. The van der Waals surface area contributed by atoms with Crippen molar-refractivity contribution >= 4 is 16.6 Å². The summed E-state index contributed by atoms with van der Waals surface area (Å²) in [6, 6.07) is 19.8. The normalized spacial score (nSPS) is 13.4. The number of rotatable bonds is 9. The molecule has 0 amide bonds. The highest BCUT2D eigenvalue weighted by Gasteiger charge is 2.30. The van der Waals surface area contributed by atoms with Gasteiger partial charge in [0.25, 0.3) is 0 Å². The van der Waals surface area contributed by atoms with E-state index in [4.69, 9.17) is 4.74 Å². The van der Waals surface area contributed by atoms with Crippen LogP contribution in [0.2, 0.25) is 0 Å². The van der Waals surface area contributed by atoms with Crippen LogP contribution in [0.1, 0.15) is 44.7 Å². The molecule has 1 N–H and O–H groups in total. The van der Waals surface area contributed by atoms with Crippen LogP contribution in [0.25, 0.3) is 22.2 Å². The van der Waals surface area contributed by atoms with E-state index in [1.165, 1.54) is 0 Å². The molecule has 1 aliphatic rings. The molecule has 6 nitrogen and oxygen atoms in total. The summed E-state index contributed by atoms with van der Waals surface area (Å²) in [5, 5.41) is 18.7. The summed E-state index contributed by atoms with van der Waals surface area (Å²) >= 11 is 0. The molecule has 4 aromatic rings. The number of hydrogen-bond donors (Lipinski definition) is 1. The van der Waals surface area contributed by atoms with Crippen LogP contribution in [0.5, 0.6) is 5.75 Å². The van der Waals surface area contributed by atoms with Crippen molar-refractivity contribution in [2.45, 2.75) is 51.7 Å². The summed E-state index contributed by atoms with van der Waals surface area (Å²) in [6.45, 7) is 5.71. The molecule has 0 aliphatic heterocycles. The van der Waals surface area contributed by atoms with Gasteiger partial charge in [0.15, 0.2) is 0 Å². The Morgan fingerprint density at radius 1 is 1.18 bits per heavy atom. The Labute approximate surface area is 194 Å². The molecule has 2 aromatic carbocycles. The second-order valence-corrected chi connectivity index (χ2v) is 8.96. The highest BCUT2D eigenvalue weighted by atomic mass is 16.5. The first-order chi connectivity index (χ1) is 16.1. The maximum atomic E-state index is 10.1. The van der Waals surface area contributed by atoms with Gasteiger partial charge in [-0.05, 0) is 62.6 Å². The van der Waals surface area contributed by atoms with Crippen LogP contribution < -0.4 is 10.1 Å². The number of anilines is 1. The Morgan fingerprint density at radius 3 is 2.67 bits per heavy atom. The molecule has 5 rings (SSSR count). The molecule has 2 heterocycles. The predicted octanol–water partition coefficient (Wildman–Crippen LogP) is 6.00. The maximum absolute atomic E-state index is 10.1. The fourth-order valence-corrected chi connectivity index (χ4v) is 4.40. The minimum absolute atomic E-state index is 0.376. The summed E-state index contributed by atoms with van der Waals surface area (Å²) in [5.74, 6) is 0.842. The Morgan fingerprint density at radius 2 is 2.00 bits per heavy atom. The number of hydrogen-bond acceptors (Lipinski definition) is 4. The number of ether oxygens (including phenoxy) is 1. The van der Waals surface area contributed by atoms with E-state index in [1.54, 1.807) is 6.20 Å². The van der Waals surface area contributed by atoms with Gasteiger partial charge in [-0.25, -0.2) is 0 Å². The highest BCUT2D eigenvalue weighted by molar-refractivity contribution is 5.95. The van der Waals surface area contributed by atoms with E-state index in [9.17, 15) is 5.26 Å². The van der Waals surface area contributed by atoms with Crippen LogP contribution in [-0.4, -0.2) is 27.0 Å². The number of aromatic nitrogens is 3. The van der Waals surface area contributed by atoms with Crippen molar-refractivity contribution in [1.29, 1.82) is 5.26 Å². The van der Waals surface area contributed by atoms with Gasteiger partial charge in [-0.1, -0.05) is 12.1 Å². The molecule has 0 saturated heterocycles. The molecule has 0 unspecified atom stereocenters. The zero-order chi connectivity index (χ0) is 22.8. The monoisotopic (exact) mass is 439 g/mol. The second kappa shape index (κ2) is 9.03. The lowest BCUT2D eigenvalue weighted by Crippen LogP contribution is -2.09. The van der Waals surface area contributed by atoms with Gasteiger partial charge in [-0.2, -0.15) is 10.4 Å². The van der Waals surface area contributed by atoms with Gasteiger partial charge in [0.1, 0.15) is 11.8 Å². The van der Waals surface area contributed by atoms with E-state index in [0.717, 1.165) is 65.0 Å². The molecule has 33 heavy (non-hydrogen) atoms. The van der Waals surface area contributed by atoms with Gasteiger partial charge < -0.3 is 14.6 Å². The van der Waals surface area contributed by atoms with Crippen LogP contribution in [0.4, 0.5) is 5.69 Å². The average molecular weight is 440 g/mol. The molecular weight excluding hydrogens is 410 g/mol. The van der Waals surface area contributed by atoms with Gasteiger partial charge in [0.2, 0.25) is 0 Å². The standard InChI is InChI=1S/C27H29N5O/c1-19(2)30-21-7-5-20(6-8-21)27-25(18-28)24-12-11-23(17-26(24)32(27)22-9-10-22)33-16-4-15-31-14-3-13-29-31/h3,5-8,11-14,17,19,22,30H,4,9-10,15-16H2,1-2H3. The number of aryl methyl sites for hydroxylation is 1. The van der Waals surface area contributed by atoms with E-state index in [-0.39, 0.29) is 0 Å². The predicted molar refractivity (Wildman–Crippen MR) is 131 cm³/mol. The van der Waals surface area contributed by atoms with E-state index in [0.29, 0.717) is 18.7 Å². The van der Waals surface area contributed by atoms with Crippen molar-refractivity contribution in [3.8, 4) is 23.1 Å². The molecule has 1 fully saturated rings. The molecule has 0 bridgehead atoms. The Balaban J connectivity index is 1.45. The van der Waals surface area contributed by atoms with E-state index < -0.39 is 0 Å². The summed E-state index contributed by atoms with van der Waals surface area (Å²) in [6.07, 6.45) is 6.92. The maximum Gasteiger partial charge on any atom is 0.121 e. The van der Waals surface area contributed by atoms with Crippen molar-refractivity contribution in [3.05, 3.63) is 66.5 Å². The number of nitrogens with one attached hydrogen (secondary N) is 1. The van der Waals surface area contributed by atoms with Crippen LogP contribution in [0.3, 0.4) is 0 Å². The Bertz CT molecular complexity index is 1280. The molecular formula is C27H29N5O. The lowest BCUT2D eigenvalue weighted by atomic mass is 10.1. The third kappa shape index (κ3) is 4.45. The molecule has 0 radical (unpaired) electrons. The fourth-order valence-electron chi connectivity index (χ4n) is 4.40. The summed E-state index contributed by atoms with van der Waals surface area (Å²) < 4.78 is 10.3. The van der Waals surface area contributed by atoms with Crippen molar-refractivity contribution in [1.82, 2.24) is 14.3 Å². The zero-order valence-electron chi connectivity index (χ0n) is 19.2. The number of nitriles is 1. The first-order valence-electron chi connectivity index (χ1n) is 11.7. The number of nitrogens with zero attached hydrogens (tertiary/aromatic N) is 4. The molecule has 6 heteroatoms. The Kier molecular flexibility index (Phi) is 5.78. The van der Waals surface area contributed by atoms with Gasteiger partial charge in [0, 0.05) is 54.6 Å². The molecule has 1 aliphatic carbocycles. The van der Waals surface area contributed by atoms with Crippen LogP contribution in [-0.2, 0) is 6.54 Å². The van der Waals surface area contributed by atoms with Crippen molar-refractivity contribution in [3.63, 3.8) is 0 Å². The van der Waals surface area contributed by atoms with Gasteiger partial charge in [-0.3, -0.25) is 4.68 Å². The number of fused-ring (bicyclic) bond motifs is 1. The lowest BCUT2D eigenvalue weighted by molar-refractivity contribution is 0.299. The van der Waals surface area contributed by atoms with E-state index >= 15 is 0 Å². The number of benzene rings is 2. The topological polar surface area (TPSA) is 67.8 Å². The van der Waals surface area contributed by atoms with Gasteiger partial charge in [-0.15, -0.1) is 0 Å². The van der Waals surface area contributed by atoms with E-state index in [1.807, 2.05) is 29.1 Å². The van der Waals surface area contributed by atoms with Crippen LogP contribution >= 0.6 is 0 Å². The van der Waals surface area contributed by atoms with Crippen LogP contribution in [0.15, 0.2) is 60.9 Å². The second-order valence-electron chi connectivity index (χ2n) is 8.96. The van der Waals surface area contributed by atoms with Crippen molar-refractivity contribution in [2.24, 2.45) is 0 Å². The summed E-state index contributed by atoms with van der Waals surface area (Å²) in [4.78, 5) is 0. The minimum atomic E-state index is 0.376. The summed E-state index contributed by atoms with van der Waals surface area (Å²) in [7, 11) is 0. The average Bonchev–Trinajstić information content (AvgIpc) is 3.40. The quantitative estimate of drug-likeness (QED) is 0.325. The first kappa shape index (κ1) is 21.1. The lowest BCUT2D eigenvalue weighted by Gasteiger charge is -2.13. The largest absolute Gasteiger partial charge is 0.493 e. The molecule has 168 valence electrons. The molecule has 1 saturated carbocycles. The molecule has 0 atom stereocenters. The van der Waals surface area contributed by atoms with Gasteiger partial charge in [0.05, 0.1) is 23.4 Å². The third-order valence-corrected chi connectivity index (χ3v) is 5.97. The zero-order valence-corrected chi connectivity index (χ0v) is 19.2. The molecule has 2 aromatic heterocycles. The smallest absolute Gasteiger partial charge is 0.121 e. The van der Waals surface area contributed by atoms with Gasteiger partial charge >= 0.3 is 0 Å². The summed E-state index contributed by atoms with van der Waals surface area (Å²) in [5.41, 5.74) is 5.00. The highest BCUT2D eigenvalue weighted by Crippen LogP contribution is 2.45.